The maximum Gasteiger partial charge on any atom is 0.196 e. The second kappa shape index (κ2) is 4.39. The Balaban J connectivity index is 2.04. The van der Waals surface area contributed by atoms with Gasteiger partial charge in [-0.15, -0.1) is 11.3 Å². The Morgan fingerprint density at radius 1 is 1.61 bits per heavy atom. The predicted molar refractivity (Wildman–Crippen MR) is 73.7 cm³/mol. The number of imidazole rings is 1. The zero-order valence-electron chi connectivity index (χ0n) is 10.7. The quantitative estimate of drug-likeness (QED) is 0.778. The summed E-state index contributed by atoms with van der Waals surface area (Å²) in [6.45, 7) is 5.37. The molecule has 1 fully saturated rings. The minimum absolute atomic E-state index is 0.574. The molecule has 3 rings (SSSR count). The first-order chi connectivity index (χ1) is 8.70. The highest BCUT2D eigenvalue weighted by Crippen LogP contribution is 2.34. The average molecular weight is 263 g/mol. The van der Waals surface area contributed by atoms with E-state index in [-0.39, 0.29) is 0 Å². The lowest BCUT2D eigenvalue weighted by molar-refractivity contribution is 0.111. The lowest BCUT2D eigenvalue weighted by Crippen LogP contribution is -2.31. The van der Waals surface area contributed by atoms with E-state index in [0.29, 0.717) is 17.7 Å². The molecule has 0 bridgehead atoms. The molecule has 0 saturated heterocycles. The van der Waals surface area contributed by atoms with E-state index in [1.165, 1.54) is 12.8 Å². The summed E-state index contributed by atoms with van der Waals surface area (Å²) < 4.78 is 1.89. The van der Waals surface area contributed by atoms with Crippen LogP contribution in [0.3, 0.4) is 0 Å². The van der Waals surface area contributed by atoms with E-state index in [1.54, 1.807) is 11.3 Å². The van der Waals surface area contributed by atoms with Crippen LogP contribution in [0.25, 0.3) is 4.96 Å². The minimum atomic E-state index is 0.574. The predicted octanol–water partition coefficient (Wildman–Crippen LogP) is 2.83. The molecule has 18 heavy (non-hydrogen) atoms. The van der Waals surface area contributed by atoms with E-state index in [4.69, 9.17) is 0 Å². The maximum atomic E-state index is 11.4. The third kappa shape index (κ3) is 1.92. The standard InChI is InChI=1S/C13H17N3OS/c1-9(2)7-16(10-3-4-10)12-11(8-17)15-5-6-18-13(15)14-12/h5-6,8-10H,3-4,7H2,1-2H3. The molecule has 5 heteroatoms. The van der Waals surface area contributed by atoms with Gasteiger partial charge in [-0.3, -0.25) is 9.20 Å². The number of fused-ring (bicyclic) bond motifs is 1. The number of aromatic nitrogens is 2. The van der Waals surface area contributed by atoms with Crippen molar-refractivity contribution in [3.63, 3.8) is 0 Å². The highest BCUT2D eigenvalue weighted by Gasteiger charge is 2.33. The summed E-state index contributed by atoms with van der Waals surface area (Å²) in [4.78, 5) is 19.2. The van der Waals surface area contributed by atoms with Crippen LogP contribution in [0.4, 0.5) is 5.82 Å². The Morgan fingerprint density at radius 3 is 3.00 bits per heavy atom. The van der Waals surface area contributed by atoms with Crippen LogP contribution >= 0.6 is 11.3 Å². The van der Waals surface area contributed by atoms with Gasteiger partial charge in [0.05, 0.1) is 0 Å². The first-order valence-corrected chi connectivity index (χ1v) is 7.26. The zero-order valence-corrected chi connectivity index (χ0v) is 11.5. The fourth-order valence-corrected chi connectivity index (χ4v) is 3.02. The zero-order chi connectivity index (χ0) is 12.7. The molecule has 0 unspecified atom stereocenters. The largest absolute Gasteiger partial charge is 0.351 e. The molecular formula is C13H17N3OS. The summed E-state index contributed by atoms with van der Waals surface area (Å²) in [7, 11) is 0. The molecule has 0 aromatic carbocycles. The molecule has 96 valence electrons. The van der Waals surface area contributed by atoms with Crippen molar-refractivity contribution in [3.05, 3.63) is 17.3 Å². The number of hydrogen-bond acceptors (Lipinski definition) is 4. The molecule has 1 saturated carbocycles. The van der Waals surface area contributed by atoms with Crippen LogP contribution in [0, 0.1) is 5.92 Å². The number of carbonyl (C=O) groups excluding carboxylic acids is 1. The number of aldehydes is 1. The summed E-state index contributed by atoms with van der Waals surface area (Å²) in [5.41, 5.74) is 0.693. The maximum absolute atomic E-state index is 11.4. The van der Waals surface area contributed by atoms with Crippen LogP contribution in [0.5, 0.6) is 0 Å². The van der Waals surface area contributed by atoms with Crippen molar-refractivity contribution in [1.29, 1.82) is 0 Å². The van der Waals surface area contributed by atoms with Crippen LogP contribution < -0.4 is 4.90 Å². The number of carbonyl (C=O) groups is 1. The van der Waals surface area contributed by atoms with Crippen LogP contribution in [0.1, 0.15) is 37.2 Å². The summed E-state index contributed by atoms with van der Waals surface area (Å²) in [5, 5.41) is 1.96. The molecular weight excluding hydrogens is 246 g/mol. The Bertz CT molecular complexity index is 568. The molecule has 0 N–H and O–H groups in total. The molecule has 4 nitrogen and oxygen atoms in total. The lowest BCUT2D eigenvalue weighted by Gasteiger charge is -2.24. The second-order valence-electron chi connectivity index (χ2n) is 5.27. The van der Waals surface area contributed by atoms with Crippen molar-refractivity contribution in [2.24, 2.45) is 5.92 Å². The molecule has 2 aromatic heterocycles. The van der Waals surface area contributed by atoms with Gasteiger partial charge in [0.2, 0.25) is 0 Å². The van der Waals surface area contributed by atoms with Crippen LogP contribution in [0.2, 0.25) is 0 Å². The molecule has 0 spiro atoms. The topological polar surface area (TPSA) is 37.6 Å². The van der Waals surface area contributed by atoms with Gasteiger partial charge in [0.15, 0.2) is 17.1 Å². The van der Waals surface area contributed by atoms with E-state index in [0.717, 1.165) is 23.6 Å². The van der Waals surface area contributed by atoms with Gasteiger partial charge in [-0.2, -0.15) is 0 Å². The van der Waals surface area contributed by atoms with Gasteiger partial charge in [-0.05, 0) is 18.8 Å². The molecule has 2 aromatic rings. The van der Waals surface area contributed by atoms with Crippen molar-refractivity contribution in [2.45, 2.75) is 32.7 Å². The third-order valence-corrected chi connectivity index (χ3v) is 3.97. The normalized spacial score (nSPS) is 15.5. The molecule has 0 amide bonds. The summed E-state index contributed by atoms with van der Waals surface area (Å²) in [6, 6.07) is 0.579. The van der Waals surface area contributed by atoms with Gasteiger partial charge < -0.3 is 4.90 Å². The Labute approximate surface area is 110 Å². The molecule has 0 aliphatic heterocycles. The van der Waals surface area contributed by atoms with E-state index < -0.39 is 0 Å². The van der Waals surface area contributed by atoms with Crippen molar-refractivity contribution in [1.82, 2.24) is 9.38 Å². The van der Waals surface area contributed by atoms with Crippen LogP contribution in [-0.4, -0.2) is 28.3 Å². The molecule has 0 atom stereocenters. The third-order valence-electron chi connectivity index (χ3n) is 3.21. The minimum Gasteiger partial charge on any atom is -0.351 e. The van der Waals surface area contributed by atoms with E-state index >= 15 is 0 Å². The molecule has 0 radical (unpaired) electrons. The summed E-state index contributed by atoms with van der Waals surface area (Å²) >= 11 is 1.57. The smallest absolute Gasteiger partial charge is 0.196 e. The van der Waals surface area contributed by atoms with Gasteiger partial charge in [-0.1, -0.05) is 13.8 Å². The molecule has 1 aliphatic carbocycles. The van der Waals surface area contributed by atoms with Crippen molar-refractivity contribution >= 4 is 28.4 Å². The lowest BCUT2D eigenvalue weighted by atomic mass is 10.2. The Kier molecular flexibility index (Phi) is 2.86. The first-order valence-electron chi connectivity index (χ1n) is 6.38. The number of anilines is 1. The fourth-order valence-electron chi connectivity index (χ4n) is 2.30. The highest BCUT2D eigenvalue weighted by molar-refractivity contribution is 7.15. The second-order valence-corrected chi connectivity index (χ2v) is 6.14. The van der Waals surface area contributed by atoms with Gasteiger partial charge in [0.1, 0.15) is 5.69 Å². The molecule has 2 heterocycles. The average Bonchev–Trinajstić information content (AvgIpc) is 2.96. The van der Waals surface area contributed by atoms with Crippen molar-refractivity contribution < 1.29 is 4.79 Å². The number of thiazole rings is 1. The van der Waals surface area contributed by atoms with Crippen LogP contribution in [-0.2, 0) is 0 Å². The fraction of sp³-hybridized carbons (Fsp3) is 0.538. The monoisotopic (exact) mass is 263 g/mol. The van der Waals surface area contributed by atoms with Gasteiger partial charge >= 0.3 is 0 Å². The summed E-state index contributed by atoms with van der Waals surface area (Å²) in [6.07, 6.45) is 5.28. The van der Waals surface area contributed by atoms with Crippen molar-refractivity contribution in [2.75, 3.05) is 11.4 Å². The number of rotatable bonds is 5. The number of hydrogen-bond donors (Lipinski definition) is 0. The van der Waals surface area contributed by atoms with Gasteiger partial charge in [-0.25, -0.2) is 4.98 Å². The van der Waals surface area contributed by atoms with Gasteiger partial charge in [0, 0.05) is 24.2 Å². The molecule has 1 aliphatic rings. The number of nitrogens with zero attached hydrogens (tertiary/aromatic N) is 3. The highest BCUT2D eigenvalue weighted by atomic mass is 32.1. The Morgan fingerprint density at radius 2 is 2.39 bits per heavy atom. The van der Waals surface area contributed by atoms with Crippen molar-refractivity contribution in [3.8, 4) is 0 Å². The first kappa shape index (κ1) is 11.7. The summed E-state index contributed by atoms with van der Waals surface area (Å²) in [5.74, 6) is 1.44. The van der Waals surface area contributed by atoms with E-state index in [9.17, 15) is 4.79 Å². The Hall–Kier alpha value is -1.36. The van der Waals surface area contributed by atoms with Crippen LogP contribution in [0.15, 0.2) is 11.6 Å². The van der Waals surface area contributed by atoms with E-state index in [2.05, 4.69) is 23.7 Å². The van der Waals surface area contributed by atoms with Gasteiger partial charge in [0.25, 0.3) is 0 Å². The SMILES string of the molecule is CC(C)CN(c1nc2sccn2c1C=O)C1CC1. The van der Waals surface area contributed by atoms with E-state index in [1.807, 2.05) is 16.0 Å².